The van der Waals surface area contributed by atoms with Gasteiger partial charge in [-0.15, -0.1) is 35.3 Å². The number of rotatable bonds is 8. The number of aliphatic imine (C=N–C) groups is 1. The standard InChI is InChI=1S/C16H28N4S.HI/c1-17-16(19-10-8-15-7-6-14-21-15)18-9-2-3-11-20-12-4-5-13-20;/h6-7,14H,2-5,8-13H2,1H3,(H2,17,18,19);1H. The molecule has 0 atom stereocenters. The minimum atomic E-state index is 0. The Labute approximate surface area is 155 Å². The van der Waals surface area contributed by atoms with Gasteiger partial charge < -0.3 is 15.5 Å². The maximum atomic E-state index is 4.27. The van der Waals surface area contributed by atoms with E-state index in [0.29, 0.717) is 0 Å². The maximum absolute atomic E-state index is 4.27. The third kappa shape index (κ3) is 7.78. The molecule has 1 aromatic rings. The Morgan fingerprint density at radius 2 is 2.00 bits per heavy atom. The lowest BCUT2D eigenvalue weighted by atomic mass is 10.3. The highest BCUT2D eigenvalue weighted by Crippen LogP contribution is 2.08. The predicted molar refractivity (Wildman–Crippen MR) is 108 cm³/mol. The first-order chi connectivity index (χ1) is 10.4. The first-order valence-corrected chi connectivity index (χ1v) is 8.95. The molecule has 0 radical (unpaired) electrons. The molecule has 1 saturated heterocycles. The average molecular weight is 436 g/mol. The van der Waals surface area contributed by atoms with Crippen molar-refractivity contribution in [3.63, 3.8) is 0 Å². The van der Waals surface area contributed by atoms with Gasteiger partial charge in [-0.1, -0.05) is 6.07 Å². The largest absolute Gasteiger partial charge is 0.356 e. The Kier molecular flexibility index (Phi) is 10.9. The number of unbranched alkanes of at least 4 members (excludes halogenated alkanes) is 1. The molecule has 22 heavy (non-hydrogen) atoms. The fourth-order valence-electron chi connectivity index (χ4n) is 2.65. The van der Waals surface area contributed by atoms with E-state index in [1.165, 1.54) is 50.2 Å². The molecule has 4 nitrogen and oxygen atoms in total. The van der Waals surface area contributed by atoms with E-state index in [-0.39, 0.29) is 24.0 Å². The summed E-state index contributed by atoms with van der Waals surface area (Å²) in [4.78, 5) is 8.27. The Morgan fingerprint density at radius 1 is 1.23 bits per heavy atom. The van der Waals surface area contributed by atoms with Crippen LogP contribution in [0, 0.1) is 0 Å². The molecule has 1 aliphatic heterocycles. The minimum Gasteiger partial charge on any atom is -0.356 e. The molecule has 6 heteroatoms. The van der Waals surface area contributed by atoms with Gasteiger partial charge >= 0.3 is 0 Å². The summed E-state index contributed by atoms with van der Waals surface area (Å²) in [5.41, 5.74) is 0. The molecule has 0 aliphatic carbocycles. The van der Waals surface area contributed by atoms with E-state index >= 15 is 0 Å². The van der Waals surface area contributed by atoms with E-state index in [4.69, 9.17) is 0 Å². The van der Waals surface area contributed by atoms with Crippen LogP contribution in [0.25, 0.3) is 0 Å². The molecule has 2 N–H and O–H groups in total. The van der Waals surface area contributed by atoms with Crippen molar-refractivity contribution < 1.29 is 0 Å². The van der Waals surface area contributed by atoms with Crippen LogP contribution >= 0.6 is 35.3 Å². The zero-order valence-corrected chi connectivity index (χ0v) is 16.7. The second-order valence-electron chi connectivity index (χ2n) is 5.51. The van der Waals surface area contributed by atoms with Crippen molar-refractivity contribution in [2.75, 3.05) is 39.8 Å². The number of nitrogens with one attached hydrogen (secondary N) is 2. The molecule has 0 amide bonds. The third-order valence-corrected chi connectivity index (χ3v) is 4.80. The van der Waals surface area contributed by atoms with E-state index in [9.17, 15) is 0 Å². The van der Waals surface area contributed by atoms with Crippen LogP contribution in [0.3, 0.4) is 0 Å². The monoisotopic (exact) mass is 436 g/mol. The van der Waals surface area contributed by atoms with Crippen LogP contribution in [0.4, 0.5) is 0 Å². The Balaban J connectivity index is 0.00000242. The van der Waals surface area contributed by atoms with Crippen LogP contribution in [0.1, 0.15) is 30.6 Å². The first-order valence-electron chi connectivity index (χ1n) is 8.08. The second kappa shape index (κ2) is 12.1. The van der Waals surface area contributed by atoms with E-state index in [0.717, 1.165) is 25.5 Å². The van der Waals surface area contributed by atoms with Crippen LogP contribution in [0.2, 0.25) is 0 Å². The number of likely N-dealkylation sites (tertiary alicyclic amines) is 1. The molecule has 0 saturated carbocycles. The van der Waals surface area contributed by atoms with Crippen LogP contribution in [-0.2, 0) is 6.42 Å². The lowest BCUT2D eigenvalue weighted by Gasteiger charge is -2.15. The molecule has 1 aliphatic rings. The maximum Gasteiger partial charge on any atom is 0.190 e. The Morgan fingerprint density at radius 3 is 2.68 bits per heavy atom. The quantitative estimate of drug-likeness (QED) is 0.285. The molecule has 0 bridgehead atoms. The number of hydrogen-bond acceptors (Lipinski definition) is 3. The number of guanidine groups is 1. The van der Waals surface area contributed by atoms with E-state index in [2.05, 4.69) is 38.0 Å². The van der Waals surface area contributed by atoms with Crippen molar-refractivity contribution in [3.05, 3.63) is 22.4 Å². The van der Waals surface area contributed by atoms with Gasteiger partial charge in [0.25, 0.3) is 0 Å². The number of halogens is 1. The van der Waals surface area contributed by atoms with E-state index in [1.807, 2.05) is 18.4 Å². The van der Waals surface area contributed by atoms with Crippen molar-refractivity contribution in [1.82, 2.24) is 15.5 Å². The molecule has 126 valence electrons. The van der Waals surface area contributed by atoms with Gasteiger partial charge in [-0.05, 0) is 63.2 Å². The van der Waals surface area contributed by atoms with Crippen molar-refractivity contribution in [3.8, 4) is 0 Å². The van der Waals surface area contributed by atoms with Crippen molar-refractivity contribution >= 4 is 41.3 Å². The van der Waals surface area contributed by atoms with Crippen LogP contribution in [-0.4, -0.2) is 50.6 Å². The molecule has 0 aromatic carbocycles. The van der Waals surface area contributed by atoms with Crippen molar-refractivity contribution in [2.24, 2.45) is 4.99 Å². The number of nitrogens with zero attached hydrogens (tertiary/aromatic N) is 2. The van der Waals surface area contributed by atoms with Gasteiger partial charge in [-0.2, -0.15) is 0 Å². The molecule has 1 fully saturated rings. The normalized spacial score (nSPS) is 15.6. The summed E-state index contributed by atoms with van der Waals surface area (Å²) in [5, 5.41) is 8.90. The third-order valence-electron chi connectivity index (χ3n) is 3.86. The summed E-state index contributed by atoms with van der Waals surface area (Å²) in [6, 6.07) is 4.29. The van der Waals surface area contributed by atoms with Gasteiger partial charge in [-0.3, -0.25) is 4.99 Å². The van der Waals surface area contributed by atoms with Crippen LogP contribution in [0.15, 0.2) is 22.5 Å². The highest BCUT2D eigenvalue weighted by Gasteiger charge is 2.09. The summed E-state index contributed by atoms with van der Waals surface area (Å²) in [5.74, 6) is 0.924. The van der Waals surface area contributed by atoms with E-state index in [1.54, 1.807) is 0 Å². The number of hydrogen-bond donors (Lipinski definition) is 2. The SMILES string of the molecule is CN=C(NCCCCN1CCCC1)NCCc1cccs1.I. The lowest BCUT2D eigenvalue weighted by molar-refractivity contribution is 0.330. The van der Waals surface area contributed by atoms with Gasteiger partial charge in [0.2, 0.25) is 0 Å². The molecule has 1 aromatic heterocycles. The highest BCUT2D eigenvalue weighted by atomic mass is 127. The van der Waals surface area contributed by atoms with Gasteiger partial charge in [0, 0.05) is 25.0 Å². The molecule has 0 unspecified atom stereocenters. The topological polar surface area (TPSA) is 39.7 Å². The molecule has 2 heterocycles. The van der Waals surface area contributed by atoms with Crippen molar-refractivity contribution in [1.29, 1.82) is 0 Å². The van der Waals surface area contributed by atoms with Crippen molar-refractivity contribution in [2.45, 2.75) is 32.1 Å². The highest BCUT2D eigenvalue weighted by molar-refractivity contribution is 14.0. The fraction of sp³-hybridized carbons (Fsp3) is 0.688. The molecule has 0 spiro atoms. The average Bonchev–Trinajstić information content (AvgIpc) is 3.18. The Hall–Kier alpha value is -0.340. The zero-order chi connectivity index (χ0) is 14.8. The first kappa shape index (κ1) is 19.7. The second-order valence-corrected chi connectivity index (χ2v) is 6.54. The summed E-state index contributed by atoms with van der Waals surface area (Å²) in [7, 11) is 1.84. The summed E-state index contributed by atoms with van der Waals surface area (Å²) in [6.07, 6.45) is 6.33. The Bertz CT molecular complexity index is 402. The molecular weight excluding hydrogens is 407 g/mol. The van der Waals surface area contributed by atoms with Gasteiger partial charge in [-0.25, -0.2) is 0 Å². The molecule has 2 rings (SSSR count). The van der Waals surface area contributed by atoms with Crippen LogP contribution < -0.4 is 10.6 Å². The van der Waals surface area contributed by atoms with Gasteiger partial charge in [0.15, 0.2) is 5.96 Å². The summed E-state index contributed by atoms with van der Waals surface area (Å²) >= 11 is 1.81. The predicted octanol–water partition coefficient (Wildman–Crippen LogP) is 2.95. The van der Waals surface area contributed by atoms with Crippen LogP contribution in [0.5, 0.6) is 0 Å². The summed E-state index contributed by atoms with van der Waals surface area (Å²) in [6.45, 7) is 5.81. The summed E-state index contributed by atoms with van der Waals surface area (Å²) < 4.78 is 0. The van der Waals surface area contributed by atoms with Gasteiger partial charge in [0.1, 0.15) is 0 Å². The smallest absolute Gasteiger partial charge is 0.190 e. The zero-order valence-electron chi connectivity index (χ0n) is 13.5. The fourth-order valence-corrected chi connectivity index (χ4v) is 3.36. The molecular formula is C16H29IN4S. The minimum absolute atomic E-state index is 0. The van der Waals surface area contributed by atoms with Gasteiger partial charge in [0.05, 0.1) is 0 Å². The number of thiophene rings is 1. The van der Waals surface area contributed by atoms with E-state index < -0.39 is 0 Å². The lowest BCUT2D eigenvalue weighted by Crippen LogP contribution is -2.38.